The number of thiol groups is 1. The van der Waals surface area contributed by atoms with Gasteiger partial charge in [0.2, 0.25) is 0 Å². The number of carbonyl (C=O) groups is 1. The van der Waals surface area contributed by atoms with Crippen LogP contribution in [0.2, 0.25) is 0 Å². The van der Waals surface area contributed by atoms with Crippen LogP contribution < -0.4 is 5.32 Å². The third kappa shape index (κ3) is 7.88. The Bertz CT molecular complexity index is 137. The van der Waals surface area contributed by atoms with Gasteiger partial charge in [0.1, 0.15) is 0 Å². The second-order valence-corrected chi connectivity index (χ2v) is 3.69. The maximum atomic E-state index is 10.9. The van der Waals surface area contributed by atoms with Gasteiger partial charge in [-0.3, -0.25) is 4.79 Å². The van der Waals surface area contributed by atoms with Gasteiger partial charge < -0.3 is 10.1 Å². The van der Waals surface area contributed by atoms with Gasteiger partial charge in [0.15, 0.2) is 0 Å². The van der Waals surface area contributed by atoms with E-state index in [0.29, 0.717) is 13.0 Å². The SMILES string of the molecule is CC(S)NCCC(=O)OC(C)C. The number of rotatable bonds is 5. The Hall–Kier alpha value is -0.220. The molecule has 4 heteroatoms. The van der Waals surface area contributed by atoms with Crippen molar-refractivity contribution in [3.05, 3.63) is 0 Å². The summed E-state index contributed by atoms with van der Waals surface area (Å²) in [6.45, 7) is 6.21. The standard InChI is InChI=1S/C8H17NO2S/c1-6(2)11-8(10)4-5-9-7(3)12/h6-7,9,12H,4-5H2,1-3H3. The van der Waals surface area contributed by atoms with Crippen LogP contribution in [0.25, 0.3) is 0 Å². The highest BCUT2D eigenvalue weighted by molar-refractivity contribution is 7.80. The Morgan fingerprint density at radius 2 is 2.08 bits per heavy atom. The van der Waals surface area contributed by atoms with Gasteiger partial charge in [-0.2, -0.15) is 12.6 Å². The van der Waals surface area contributed by atoms with Crippen LogP contribution in [0.4, 0.5) is 0 Å². The molecule has 0 aliphatic carbocycles. The Morgan fingerprint density at radius 1 is 1.50 bits per heavy atom. The summed E-state index contributed by atoms with van der Waals surface area (Å²) in [5.41, 5.74) is 0. The summed E-state index contributed by atoms with van der Waals surface area (Å²) in [5, 5.41) is 3.14. The average molecular weight is 191 g/mol. The first-order chi connectivity index (χ1) is 5.52. The number of esters is 1. The third-order valence-electron chi connectivity index (χ3n) is 1.14. The lowest BCUT2D eigenvalue weighted by molar-refractivity contribution is -0.147. The fraction of sp³-hybridized carbons (Fsp3) is 0.875. The minimum absolute atomic E-state index is 0.0223. The van der Waals surface area contributed by atoms with Gasteiger partial charge in [0, 0.05) is 11.9 Å². The first-order valence-electron chi connectivity index (χ1n) is 4.13. The number of nitrogens with one attached hydrogen (secondary N) is 1. The Morgan fingerprint density at radius 3 is 2.50 bits per heavy atom. The van der Waals surface area contributed by atoms with E-state index in [1.807, 2.05) is 20.8 Å². The van der Waals surface area contributed by atoms with E-state index in [2.05, 4.69) is 17.9 Å². The topological polar surface area (TPSA) is 38.3 Å². The molecule has 0 aliphatic heterocycles. The molecule has 0 fully saturated rings. The van der Waals surface area contributed by atoms with E-state index in [1.54, 1.807) is 0 Å². The van der Waals surface area contributed by atoms with Gasteiger partial charge in [-0.25, -0.2) is 0 Å². The zero-order valence-electron chi connectivity index (χ0n) is 7.83. The number of hydrogen-bond acceptors (Lipinski definition) is 4. The Kier molecular flexibility index (Phi) is 6.20. The molecule has 3 nitrogen and oxygen atoms in total. The molecule has 0 aromatic heterocycles. The summed E-state index contributed by atoms with van der Waals surface area (Å²) in [6.07, 6.45) is 0.384. The molecule has 0 aromatic rings. The van der Waals surface area contributed by atoms with Crippen LogP contribution in [-0.2, 0) is 9.53 Å². The van der Waals surface area contributed by atoms with E-state index in [4.69, 9.17) is 4.74 Å². The lowest BCUT2D eigenvalue weighted by Crippen LogP contribution is -2.25. The minimum atomic E-state index is -0.161. The monoisotopic (exact) mass is 191 g/mol. The third-order valence-corrected chi connectivity index (χ3v) is 1.32. The summed E-state index contributed by atoms with van der Waals surface area (Å²) < 4.78 is 4.93. The van der Waals surface area contributed by atoms with E-state index < -0.39 is 0 Å². The molecule has 0 aliphatic rings. The van der Waals surface area contributed by atoms with Gasteiger partial charge in [0.25, 0.3) is 0 Å². The van der Waals surface area contributed by atoms with Crippen molar-refractivity contribution in [2.45, 2.75) is 38.7 Å². The van der Waals surface area contributed by atoms with Crippen molar-refractivity contribution in [3.63, 3.8) is 0 Å². The van der Waals surface area contributed by atoms with Crippen LogP contribution in [0.15, 0.2) is 0 Å². The van der Waals surface area contributed by atoms with E-state index in [9.17, 15) is 4.79 Å². The summed E-state index contributed by atoms with van der Waals surface area (Å²) in [4.78, 5) is 10.9. The second kappa shape index (κ2) is 6.31. The van der Waals surface area contributed by atoms with Gasteiger partial charge in [-0.05, 0) is 20.8 Å². The predicted molar refractivity (Wildman–Crippen MR) is 52.3 cm³/mol. The molecule has 0 saturated carbocycles. The van der Waals surface area contributed by atoms with Crippen LogP contribution in [0.3, 0.4) is 0 Å². The summed E-state index contributed by atoms with van der Waals surface area (Å²) in [6, 6.07) is 0. The molecule has 0 spiro atoms. The minimum Gasteiger partial charge on any atom is -0.463 e. The van der Waals surface area contributed by atoms with Crippen LogP contribution in [-0.4, -0.2) is 24.0 Å². The van der Waals surface area contributed by atoms with Gasteiger partial charge in [-0.15, -0.1) is 0 Å². The van der Waals surface area contributed by atoms with Crippen LogP contribution in [0.1, 0.15) is 27.2 Å². The smallest absolute Gasteiger partial charge is 0.307 e. The first-order valence-corrected chi connectivity index (χ1v) is 4.65. The largest absolute Gasteiger partial charge is 0.463 e. The van der Waals surface area contributed by atoms with Gasteiger partial charge in [0.05, 0.1) is 12.5 Å². The van der Waals surface area contributed by atoms with Crippen molar-refractivity contribution in [1.29, 1.82) is 0 Å². The van der Waals surface area contributed by atoms with Crippen LogP contribution >= 0.6 is 12.6 Å². The number of hydrogen-bond donors (Lipinski definition) is 2. The van der Waals surface area contributed by atoms with E-state index in [-0.39, 0.29) is 17.4 Å². The molecule has 0 saturated heterocycles. The molecule has 0 heterocycles. The Balaban J connectivity index is 3.32. The second-order valence-electron chi connectivity index (χ2n) is 2.92. The highest BCUT2D eigenvalue weighted by atomic mass is 32.1. The number of ether oxygens (including phenoxy) is 1. The number of carbonyl (C=O) groups excluding carboxylic acids is 1. The Labute approximate surface area is 79.3 Å². The zero-order valence-corrected chi connectivity index (χ0v) is 8.73. The lowest BCUT2D eigenvalue weighted by atomic mass is 10.4. The first kappa shape index (κ1) is 11.8. The van der Waals surface area contributed by atoms with E-state index in [0.717, 1.165) is 0 Å². The molecular formula is C8H17NO2S. The van der Waals surface area contributed by atoms with Crippen molar-refractivity contribution in [2.75, 3.05) is 6.54 Å². The predicted octanol–water partition coefficient (Wildman–Crippen LogP) is 1.19. The van der Waals surface area contributed by atoms with E-state index >= 15 is 0 Å². The molecule has 1 unspecified atom stereocenters. The molecule has 0 aromatic carbocycles. The summed E-state index contributed by atoms with van der Waals surface area (Å²) in [5.74, 6) is -0.161. The van der Waals surface area contributed by atoms with Gasteiger partial charge in [-0.1, -0.05) is 0 Å². The highest BCUT2D eigenvalue weighted by Gasteiger charge is 2.04. The fourth-order valence-corrected chi connectivity index (χ4v) is 0.834. The van der Waals surface area contributed by atoms with Crippen molar-refractivity contribution < 1.29 is 9.53 Å². The average Bonchev–Trinajstić information content (AvgIpc) is 1.84. The van der Waals surface area contributed by atoms with E-state index in [1.165, 1.54) is 0 Å². The molecular weight excluding hydrogens is 174 g/mol. The molecule has 72 valence electrons. The van der Waals surface area contributed by atoms with Crippen molar-refractivity contribution in [2.24, 2.45) is 0 Å². The maximum absolute atomic E-state index is 10.9. The van der Waals surface area contributed by atoms with Crippen molar-refractivity contribution in [3.8, 4) is 0 Å². The molecule has 0 amide bonds. The molecule has 0 rings (SSSR count). The normalized spacial score (nSPS) is 13.1. The van der Waals surface area contributed by atoms with Crippen LogP contribution in [0.5, 0.6) is 0 Å². The highest BCUT2D eigenvalue weighted by Crippen LogP contribution is 1.93. The molecule has 0 radical (unpaired) electrons. The maximum Gasteiger partial charge on any atom is 0.307 e. The zero-order chi connectivity index (χ0) is 9.56. The molecule has 1 N–H and O–H groups in total. The molecule has 12 heavy (non-hydrogen) atoms. The van der Waals surface area contributed by atoms with Crippen LogP contribution in [0, 0.1) is 0 Å². The van der Waals surface area contributed by atoms with Crippen molar-refractivity contribution in [1.82, 2.24) is 5.32 Å². The molecule has 1 atom stereocenters. The van der Waals surface area contributed by atoms with Crippen molar-refractivity contribution >= 4 is 18.6 Å². The van der Waals surface area contributed by atoms with Gasteiger partial charge >= 0.3 is 5.97 Å². The summed E-state index contributed by atoms with van der Waals surface area (Å²) >= 11 is 4.11. The summed E-state index contributed by atoms with van der Waals surface area (Å²) in [7, 11) is 0. The lowest BCUT2D eigenvalue weighted by Gasteiger charge is -2.09. The fourth-order valence-electron chi connectivity index (χ4n) is 0.705. The quantitative estimate of drug-likeness (QED) is 0.389. The molecule has 0 bridgehead atoms.